The second-order valence-corrected chi connectivity index (χ2v) is 17.2. The van der Waals surface area contributed by atoms with Crippen LogP contribution in [-0.4, -0.2) is 127 Å². The first-order valence-corrected chi connectivity index (χ1v) is 20.1. The number of ether oxygens (including phenoxy) is 8. The maximum Gasteiger partial charge on any atom is 0.172 e. The van der Waals surface area contributed by atoms with Gasteiger partial charge in [0.05, 0.1) is 79.4 Å². The van der Waals surface area contributed by atoms with Crippen molar-refractivity contribution in [2.45, 2.75) is 194 Å². The van der Waals surface area contributed by atoms with Crippen molar-refractivity contribution in [1.82, 2.24) is 0 Å². The monoisotopic (exact) mass is 731 g/mol. The number of hydrogen-bond acceptors (Lipinski definition) is 12. The average molecular weight is 732 g/mol. The molecular weight excluding hydrogens is 670 g/mol. The number of aliphatic hydroxyl groups is 2. The molecule has 4 N–H and O–H groups in total. The second-order valence-electron chi connectivity index (χ2n) is 17.2. The number of carbonyl (C=O) groups is 1. The summed E-state index contributed by atoms with van der Waals surface area (Å²) in [5.41, 5.74) is 7.96. The van der Waals surface area contributed by atoms with E-state index in [1.54, 1.807) is 7.11 Å². The highest BCUT2D eigenvalue weighted by atomic mass is 16.7. The van der Waals surface area contributed by atoms with Crippen LogP contribution in [0, 0.1) is 11.8 Å². The summed E-state index contributed by atoms with van der Waals surface area (Å²) in [5, 5.41) is 21.7. The molecule has 0 aliphatic carbocycles. The third-order valence-corrected chi connectivity index (χ3v) is 13.6. The Morgan fingerprint density at radius 2 is 1.63 bits per heavy atom. The standard InChI is InChI=1S/C40H61NO11/c1-20-11-25-5-7-30-21(2)12-27(46-30)9-10-40-18-29(44)38(52-40)35-17-36(51-40)39-31(49-35)8-6-26(48-39)13-23(42)14-28-33(16-32(47-25)22(20)3)50-34(37(28)45-4)15-24(43)19-41/h20,24-39,43-44H,2-3,5-19,41H2,1,4H3/t20-,24?,25+,26?,27?,28?,29-,30?,31?,32-,33?,34-,35?,36?,37-,38?,39+,40-/m1/s1. The highest BCUT2D eigenvalue weighted by Gasteiger charge is 2.59. The van der Waals surface area contributed by atoms with Crippen molar-refractivity contribution in [1.29, 1.82) is 0 Å². The molecular formula is C40H61NO11. The molecule has 12 nitrogen and oxygen atoms in total. The van der Waals surface area contributed by atoms with Gasteiger partial charge in [0.25, 0.3) is 0 Å². The number of carbonyl (C=O) groups excluding carboxylic acids is 1. The van der Waals surface area contributed by atoms with E-state index in [-0.39, 0.29) is 104 Å². The van der Waals surface area contributed by atoms with Gasteiger partial charge in [-0.3, -0.25) is 4.79 Å². The minimum Gasteiger partial charge on any atom is -0.392 e. The number of hydrogen-bond donors (Lipinski definition) is 3. The lowest BCUT2D eigenvalue weighted by Gasteiger charge is -2.47. The Labute approximate surface area is 308 Å². The van der Waals surface area contributed by atoms with Crippen LogP contribution in [0.15, 0.2) is 24.3 Å². The molecule has 10 bridgehead atoms. The van der Waals surface area contributed by atoms with Crippen LogP contribution in [0.2, 0.25) is 0 Å². The first kappa shape index (κ1) is 37.6. The van der Waals surface area contributed by atoms with E-state index in [1.807, 2.05) is 0 Å². The maximum absolute atomic E-state index is 14.0. The van der Waals surface area contributed by atoms with Gasteiger partial charge in [0.2, 0.25) is 0 Å². The lowest BCUT2D eigenvalue weighted by Crippen LogP contribution is -2.58. The lowest BCUT2D eigenvalue weighted by molar-refractivity contribution is -0.277. The number of ketones is 1. The lowest BCUT2D eigenvalue weighted by atomic mass is 9.81. The molecule has 0 saturated carbocycles. The van der Waals surface area contributed by atoms with Crippen LogP contribution < -0.4 is 5.73 Å². The van der Waals surface area contributed by atoms with Gasteiger partial charge in [0.1, 0.15) is 18.0 Å². The molecule has 0 aromatic heterocycles. The summed E-state index contributed by atoms with van der Waals surface area (Å²) in [5.74, 6) is -0.819. The molecule has 0 radical (unpaired) electrons. The number of nitrogens with two attached hydrogens (primary N) is 1. The summed E-state index contributed by atoms with van der Waals surface area (Å²) in [6, 6.07) is 0. The first-order valence-electron chi connectivity index (χ1n) is 20.1. The first-order chi connectivity index (χ1) is 25.0. The largest absolute Gasteiger partial charge is 0.392 e. The van der Waals surface area contributed by atoms with Gasteiger partial charge in [-0.25, -0.2) is 0 Å². The smallest absolute Gasteiger partial charge is 0.172 e. The predicted molar refractivity (Wildman–Crippen MR) is 188 cm³/mol. The molecule has 8 aliphatic rings. The molecule has 12 heteroatoms. The van der Waals surface area contributed by atoms with E-state index in [0.717, 1.165) is 49.7 Å². The van der Waals surface area contributed by atoms with E-state index in [9.17, 15) is 15.0 Å². The average Bonchev–Trinajstić information content (AvgIpc) is 3.72. The highest BCUT2D eigenvalue weighted by molar-refractivity contribution is 5.79. The van der Waals surface area contributed by atoms with Crippen molar-refractivity contribution in [3.8, 4) is 0 Å². The molecule has 8 fully saturated rings. The van der Waals surface area contributed by atoms with Crippen LogP contribution in [0.4, 0.5) is 0 Å². The van der Waals surface area contributed by atoms with E-state index in [4.69, 9.17) is 43.6 Å². The summed E-state index contributed by atoms with van der Waals surface area (Å²) >= 11 is 0. The SMILES string of the molecule is C=C1CC2CC[C@]34C[C@@H](O)C(O3)C3CC(O4)[C@H]4OC(CCC4O3)CC(=O)CC3C(C[C@H]4O[C@@H](CCC1O2)C[C@@H](C)C4=C)O[C@H](CC(O)CN)[C@@H]3OC. The van der Waals surface area contributed by atoms with Gasteiger partial charge in [-0.1, -0.05) is 20.1 Å². The molecule has 8 rings (SSSR count). The Balaban J connectivity index is 1.06. The zero-order chi connectivity index (χ0) is 36.3. The molecule has 18 atom stereocenters. The summed E-state index contributed by atoms with van der Waals surface area (Å²) in [6.07, 6.45) is 3.90. The molecule has 0 aromatic rings. The number of rotatable bonds is 4. The fourth-order valence-electron chi connectivity index (χ4n) is 10.8. The molecule has 1 spiro atoms. The van der Waals surface area contributed by atoms with Crippen molar-refractivity contribution in [3.05, 3.63) is 24.3 Å². The third kappa shape index (κ3) is 7.48. The van der Waals surface area contributed by atoms with E-state index in [1.165, 1.54) is 0 Å². The van der Waals surface area contributed by atoms with Gasteiger partial charge in [-0.2, -0.15) is 0 Å². The van der Waals surface area contributed by atoms with Crippen molar-refractivity contribution in [3.63, 3.8) is 0 Å². The Morgan fingerprint density at radius 3 is 2.44 bits per heavy atom. The van der Waals surface area contributed by atoms with Gasteiger partial charge >= 0.3 is 0 Å². The molecule has 8 saturated heterocycles. The third-order valence-electron chi connectivity index (χ3n) is 13.6. The van der Waals surface area contributed by atoms with Gasteiger partial charge in [-0.05, 0) is 62.0 Å². The molecule has 292 valence electrons. The molecule has 0 aromatic carbocycles. The molecule has 10 unspecified atom stereocenters. The zero-order valence-corrected chi connectivity index (χ0v) is 31.0. The Bertz CT molecular complexity index is 1330. The Morgan fingerprint density at radius 1 is 0.846 bits per heavy atom. The van der Waals surface area contributed by atoms with Crippen molar-refractivity contribution < 1.29 is 52.9 Å². The highest BCUT2D eigenvalue weighted by Crippen LogP contribution is 2.49. The molecule has 52 heavy (non-hydrogen) atoms. The molecule has 0 amide bonds. The van der Waals surface area contributed by atoms with E-state index in [2.05, 4.69) is 20.1 Å². The molecule has 8 heterocycles. The predicted octanol–water partition coefficient (Wildman–Crippen LogP) is 3.42. The van der Waals surface area contributed by atoms with Crippen LogP contribution in [0.1, 0.15) is 96.8 Å². The van der Waals surface area contributed by atoms with Crippen molar-refractivity contribution in [2.75, 3.05) is 13.7 Å². The van der Waals surface area contributed by atoms with Gasteiger partial charge in [-0.15, -0.1) is 0 Å². The number of fused-ring (bicyclic) bond motifs is 9. The summed E-state index contributed by atoms with van der Waals surface area (Å²) in [6.45, 7) is 11.2. The Kier molecular flexibility index (Phi) is 11.1. The number of Topliss-reactive ketones (excluding diaryl/α,β-unsaturated/α-hetero) is 1. The normalized spacial score (nSPS) is 50.4. The van der Waals surface area contributed by atoms with Crippen molar-refractivity contribution in [2.24, 2.45) is 17.6 Å². The van der Waals surface area contributed by atoms with Gasteiger partial charge in [0.15, 0.2) is 5.79 Å². The van der Waals surface area contributed by atoms with Crippen LogP contribution in [0.5, 0.6) is 0 Å². The number of methoxy groups -OCH3 is 1. The Hall–Kier alpha value is -1.29. The van der Waals surface area contributed by atoms with Crippen LogP contribution in [0.3, 0.4) is 0 Å². The topological polar surface area (TPSA) is 157 Å². The summed E-state index contributed by atoms with van der Waals surface area (Å²) in [4.78, 5) is 14.0. The zero-order valence-electron chi connectivity index (χ0n) is 31.0. The summed E-state index contributed by atoms with van der Waals surface area (Å²) in [7, 11) is 1.65. The summed E-state index contributed by atoms with van der Waals surface area (Å²) < 4.78 is 52.9. The fraction of sp³-hybridized carbons (Fsp3) is 0.875. The quantitative estimate of drug-likeness (QED) is 0.363. The minimum absolute atomic E-state index is 0.00397. The van der Waals surface area contributed by atoms with E-state index in [0.29, 0.717) is 38.5 Å². The fourth-order valence-corrected chi connectivity index (χ4v) is 10.8. The van der Waals surface area contributed by atoms with E-state index < -0.39 is 30.2 Å². The molecule has 8 aliphatic heterocycles. The van der Waals surface area contributed by atoms with E-state index >= 15 is 0 Å². The van der Waals surface area contributed by atoms with Gasteiger partial charge < -0.3 is 53.8 Å². The second kappa shape index (κ2) is 15.3. The van der Waals surface area contributed by atoms with Crippen molar-refractivity contribution >= 4 is 5.78 Å². The maximum atomic E-state index is 14.0. The van der Waals surface area contributed by atoms with Crippen LogP contribution in [-0.2, 0) is 42.7 Å². The minimum atomic E-state index is -0.947. The van der Waals surface area contributed by atoms with Crippen LogP contribution in [0.25, 0.3) is 0 Å². The number of aliphatic hydroxyl groups excluding tert-OH is 2. The van der Waals surface area contributed by atoms with Gasteiger partial charge in [0, 0.05) is 64.5 Å². The van der Waals surface area contributed by atoms with Crippen LogP contribution >= 0.6 is 0 Å².